The van der Waals surface area contributed by atoms with E-state index in [4.69, 9.17) is 26.4 Å². The molecule has 0 aliphatic heterocycles. The van der Waals surface area contributed by atoms with Gasteiger partial charge in [-0.15, -0.1) is 0 Å². The van der Waals surface area contributed by atoms with Gasteiger partial charge in [-0.3, -0.25) is 4.31 Å². The zero-order valence-corrected chi connectivity index (χ0v) is 28.5. The third-order valence-corrected chi connectivity index (χ3v) is 8.99. The van der Waals surface area contributed by atoms with Gasteiger partial charge in [-0.2, -0.15) is 0 Å². The van der Waals surface area contributed by atoms with Crippen molar-refractivity contribution in [3.8, 4) is 11.5 Å². The minimum absolute atomic E-state index is 0.141. The van der Waals surface area contributed by atoms with Gasteiger partial charge in [0.2, 0.25) is 0 Å². The van der Waals surface area contributed by atoms with E-state index >= 15 is 0 Å². The zero-order valence-electron chi connectivity index (χ0n) is 24.7. The molecule has 0 aliphatic carbocycles. The molecule has 38 heavy (non-hydrogen) atoms. The first-order valence-electron chi connectivity index (χ1n) is 12.7. The van der Waals surface area contributed by atoms with Crippen molar-refractivity contribution in [2.45, 2.75) is 91.9 Å². The van der Waals surface area contributed by atoms with Crippen molar-refractivity contribution in [2.75, 3.05) is 14.2 Å². The Kier molecular flexibility index (Phi) is 12.8. The largest absolute Gasteiger partial charge is 0.426 e. The van der Waals surface area contributed by atoms with Crippen LogP contribution in [0.2, 0.25) is 0 Å². The number of aryl methyl sites for hydroxylation is 2. The Morgan fingerprint density at radius 1 is 0.789 bits per heavy atom. The molecule has 0 aliphatic rings. The molecule has 10 heteroatoms. The highest BCUT2D eigenvalue weighted by atomic mass is 32.1. The van der Waals surface area contributed by atoms with Gasteiger partial charge in [0.25, 0.3) is 0 Å². The number of thiol groups is 1. The molecule has 214 valence electrons. The maximum absolute atomic E-state index is 6.17. The van der Waals surface area contributed by atoms with Crippen molar-refractivity contribution in [2.24, 2.45) is 0 Å². The lowest BCUT2D eigenvalue weighted by atomic mass is 9.76. The monoisotopic (exact) mass is 602 g/mol. The predicted octanol–water partition coefficient (Wildman–Crippen LogP) is 10.0. The molecule has 0 aromatic heterocycles. The van der Waals surface area contributed by atoms with Crippen molar-refractivity contribution in [3.63, 3.8) is 0 Å². The van der Waals surface area contributed by atoms with E-state index < -0.39 is 17.2 Å². The Hall–Kier alpha value is -0.480. The summed E-state index contributed by atoms with van der Waals surface area (Å²) in [6.07, 6.45) is 2.06. The fourth-order valence-electron chi connectivity index (χ4n) is 4.59. The van der Waals surface area contributed by atoms with E-state index in [-0.39, 0.29) is 16.7 Å². The van der Waals surface area contributed by atoms with Crippen LogP contribution in [0.15, 0.2) is 24.3 Å². The topological polar surface area (TPSA) is 55.4 Å². The second-order valence-electron chi connectivity index (χ2n) is 11.4. The Morgan fingerprint density at radius 3 is 1.53 bits per heavy atom. The molecule has 0 N–H and O–H groups in total. The second kappa shape index (κ2) is 14.4. The van der Waals surface area contributed by atoms with E-state index in [1.54, 1.807) is 14.2 Å². The summed E-state index contributed by atoms with van der Waals surface area (Å²) in [5.74, 6) is 1.76. The lowest BCUT2D eigenvalue weighted by molar-refractivity contribution is 0.333. The maximum atomic E-state index is 6.17. The summed E-state index contributed by atoms with van der Waals surface area (Å²) < 4.78 is 33.4. The van der Waals surface area contributed by atoms with E-state index in [9.17, 15) is 0 Å². The molecule has 0 spiro atoms. The summed E-state index contributed by atoms with van der Waals surface area (Å²) >= 11 is 3.93. The molecular weight excluding hydrogens is 557 g/mol. The van der Waals surface area contributed by atoms with Gasteiger partial charge in [0.1, 0.15) is 11.5 Å². The molecule has 0 saturated heterocycles. The quantitative estimate of drug-likeness (QED) is 0.148. The molecule has 0 fully saturated rings. The maximum Gasteiger partial charge on any atom is 0.408 e. The molecule has 0 heterocycles. The van der Waals surface area contributed by atoms with E-state index in [1.807, 2.05) is 0 Å². The predicted molar refractivity (Wildman–Crippen MR) is 166 cm³/mol. The second-order valence-corrected chi connectivity index (χ2v) is 14.9. The smallest absolute Gasteiger partial charge is 0.408 e. The van der Waals surface area contributed by atoms with Crippen molar-refractivity contribution >= 4 is 39.6 Å². The van der Waals surface area contributed by atoms with Gasteiger partial charge in [0.05, 0.1) is 0 Å². The lowest BCUT2D eigenvalue weighted by Crippen LogP contribution is -2.17. The minimum atomic E-state index is -1.59. The van der Waals surface area contributed by atoms with Crippen LogP contribution in [0.3, 0.4) is 0 Å². The standard InChI is InChI=1S/C28H45O6P3S/c1-12-13-20(21-16-23(27(4,5)6)25(14-18(21)2)31-36(29-10)33-35)22-17-24(28(7,8)9)26(15-19(22)3)32-37(30-11)34-38/h14-17,20,38H,12-13,35H2,1-11H3. The van der Waals surface area contributed by atoms with Gasteiger partial charge >= 0.3 is 17.2 Å². The summed E-state index contributed by atoms with van der Waals surface area (Å²) in [5.41, 5.74) is 6.85. The average molecular weight is 603 g/mol. The molecule has 2 aromatic rings. The fraction of sp³-hybridized carbons (Fsp3) is 0.571. The molecule has 6 nitrogen and oxygen atoms in total. The highest BCUT2D eigenvalue weighted by Gasteiger charge is 2.29. The van der Waals surface area contributed by atoms with Gasteiger partial charge in [0, 0.05) is 40.7 Å². The van der Waals surface area contributed by atoms with Crippen LogP contribution >= 0.6 is 39.6 Å². The highest BCUT2D eigenvalue weighted by Crippen LogP contribution is 2.49. The molecule has 0 radical (unpaired) electrons. The summed E-state index contributed by atoms with van der Waals surface area (Å²) in [6, 6.07) is 8.86. The van der Waals surface area contributed by atoms with Crippen molar-refractivity contribution in [3.05, 3.63) is 57.6 Å². The molecule has 4 unspecified atom stereocenters. The Bertz CT molecular complexity index is 979. The van der Waals surface area contributed by atoms with Gasteiger partial charge in [-0.25, -0.2) is 3.97 Å². The van der Waals surface area contributed by atoms with Gasteiger partial charge in [-0.1, -0.05) is 67.0 Å². The third kappa shape index (κ3) is 8.51. The first-order chi connectivity index (χ1) is 17.7. The molecule has 0 bridgehead atoms. The number of hydrogen-bond acceptors (Lipinski definition) is 7. The van der Waals surface area contributed by atoms with Crippen molar-refractivity contribution in [1.82, 2.24) is 0 Å². The van der Waals surface area contributed by atoms with Crippen LogP contribution in [0.1, 0.15) is 101 Å². The summed E-state index contributed by atoms with van der Waals surface area (Å²) in [5, 5.41) is 0. The number of rotatable bonds is 12. The number of benzene rings is 2. The van der Waals surface area contributed by atoms with E-state index in [1.165, 1.54) is 16.7 Å². The average Bonchev–Trinajstić information content (AvgIpc) is 2.83. The van der Waals surface area contributed by atoms with Gasteiger partial charge < -0.3 is 18.1 Å². The van der Waals surface area contributed by atoms with E-state index in [0.29, 0.717) is 0 Å². The zero-order chi connectivity index (χ0) is 28.8. The normalized spacial score (nSPS) is 14.8. The molecular formula is C28H45O6P3S. The molecule has 4 atom stereocenters. The highest BCUT2D eigenvalue weighted by molar-refractivity contribution is 7.79. The van der Waals surface area contributed by atoms with Crippen LogP contribution in [0.4, 0.5) is 0 Å². The minimum Gasteiger partial charge on any atom is -0.426 e. The van der Waals surface area contributed by atoms with Crippen molar-refractivity contribution in [1.29, 1.82) is 0 Å². The molecule has 0 amide bonds. The van der Waals surface area contributed by atoms with E-state index in [0.717, 1.165) is 41.0 Å². The summed E-state index contributed by atoms with van der Waals surface area (Å²) in [7, 11) is 2.30. The van der Waals surface area contributed by atoms with Crippen molar-refractivity contribution < 1.29 is 26.4 Å². The third-order valence-electron chi connectivity index (χ3n) is 6.48. The lowest BCUT2D eigenvalue weighted by Gasteiger charge is -2.30. The van der Waals surface area contributed by atoms with E-state index in [2.05, 4.69) is 109 Å². The SMILES string of the molecule is CCCC(c1cc(C(C)(C)C)c(OP(OC)OP)cc1C)c1cc(C(C)(C)C)c(OP(OC)OS)cc1C. The summed E-state index contributed by atoms with van der Waals surface area (Å²) in [4.78, 5) is 0. The first kappa shape index (κ1) is 33.7. The van der Waals surface area contributed by atoms with Crippen LogP contribution < -0.4 is 9.05 Å². The van der Waals surface area contributed by atoms with Crippen LogP contribution in [0.5, 0.6) is 11.5 Å². The van der Waals surface area contributed by atoms with Crippen LogP contribution in [-0.2, 0) is 28.2 Å². The Balaban J connectivity index is 2.76. The van der Waals surface area contributed by atoms with Gasteiger partial charge in [0.15, 0.2) is 0 Å². The molecule has 2 aromatic carbocycles. The fourth-order valence-corrected chi connectivity index (χ4v) is 6.28. The molecule has 2 rings (SSSR count). The van der Waals surface area contributed by atoms with Crippen LogP contribution in [-0.4, -0.2) is 14.2 Å². The number of hydrogen-bond donors (Lipinski definition) is 1. The first-order valence-corrected chi connectivity index (χ1v) is 15.8. The Labute approximate surface area is 240 Å². The van der Waals surface area contributed by atoms with Crippen LogP contribution in [0.25, 0.3) is 0 Å². The van der Waals surface area contributed by atoms with Gasteiger partial charge in [-0.05, 0) is 78.4 Å². The Morgan fingerprint density at radius 2 is 1.21 bits per heavy atom. The van der Waals surface area contributed by atoms with Crippen LogP contribution in [0, 0.1) is 13.8 Å². The molecule has 0 saturated carbocycles. The summed E-state index contributed by atoms with van der Waals surface area (Å²) in [6.45, 7) is 19.7.